The van der Waals surface area contributed by atoms with Gasteiger partial charge in [-0.05, 0) is 25.0 Å². The zero-order valence-electron chi connectivity index (χ0n) is 9.79. The second kappa shape index (κ2) is 6.12. The summed E-state index contributed by atoms with van der Waals surface area (Å²) in [6.07, 6.45) is 1.86. The molecule has 0 bridgehead atoms. The standard InChI is InChI=1S/C12H19N3O/c1-3-9(4-2)14-12(16)10-7-5-6-8-11(10)15-13/h5-9,15H,3-4,13H2,1-2H3,(H,14,16). The first-order chi connectivity index (χ1) is 7.72. The fourth-order valence-corrected chi connectivity index (χ4v) is 1.56. The predicted octanol–water partition coefficient (Wildman–Crippen LogP) is 1.89. The van der Waals surface area contributed by atoms with E-state index in [9.17, 15) is 4.79 Å². The third-order valence-electron chi connectivity index (χ3n) is 2.65. The summed E-state index contributed by atoms with van der Waals surface area (Å²) < 4.78 is 0. The summed E-state index contributed by atoms with van der Waals surface area (Å²) in [5.41, 5.74) is 3.75. The highest BCUT2D eigenvalue weighted by atomic mass is 16.1. The number of nitrogens with one attached hydrogen (secondary N) is 2. The van der Waals surface area contributed by atoms with Gasteiger partial charge in [-0.2, -0.15) is 0 Å². The summed E-state index contributed by atoms with van der Waals surface area (Å²) in [6.45, 7) is 4.11. The zero-order chi connectivity index (χ0) is 12.0. The summed E-state index contributed by atoms with van der Waals surface area (Å²) in [4.78, 5) is 11.9. The molecule has 1 aromatic carbocycles. The number of benzene rings is 1. The summed E-state index contributed by atoms with van der Waals surface area (Å²) in [5.74, 6) is 5.27. The molecule has 1 aromatic rings. The molecule has 0 aliphatic carbocycles. The number of carbonyl (C=O) groups excluding carboxylic acids is 1. The molecule has 4 heteroatoms. The quantitative estimate of drug-likeness (QED) is 0.525. The molecule has 0 heterocycles. The Kier molecular flexibility index (Phi) is 4.79. The van der Waals surface area contributed by atoms with Crippen LogP contribution in [0.4, 0.5) is 5.69 Å². The van der Waals surface area contributed by atoms with Crippen LogP contribution in [0.15, 0.2) is 24.3 Å². The molecule has 4 nitrogen and oxygen atoms in total. The second-order valence-electron chi connectivity index (χ2n) is 3.68. The summed E-state index contributed by atoms with van der Waals surface area (Å²) >= 11 is 0. The molecule has 1 amide bonds. The number of carbonyl (C=O) groups is 1. The van der Waals surface area contributed by atoms with Crippen LogP contribution in [0.25, 0.3) is 0 Å². The van der Waals surface area contributed by atoms with E-state index < -0.39 is 0 Å². The van der Waals surface area contributed by atoms with Crippen molar-refractivity contribution in [2.24, 2.45) is 5.84 Å². The number of anilines is 1. The van der Waals surface area contributed by atoms with Crippen molar-refractivity contribution in [3.63, 3.8) is 0 Å². The van der Waals surface area contributed by atoms with Gasteiger partial charge in [0.1, 0.15) is 0 Å². The monoisotopic (exact) mass is 221 g/mol. The average Bonchev–Trinajstić information content (AvgIpc) is 2.35. The smallest absolute Gasteiger partial charge is 0.253 e. The SMILES string of the molecule is CCC(CC)NC(=O)c1ccccc1NN. The minimum Gasteiger partial charge on any atom is -0.349 e. The first kappa shape index (κ1) is 12.5. The number of hydrazine groups is 1. The van der Waals surface area contributed by atoms with E-state index in [1.54, 1.807) is 12.1 Å². The number of hydrogen-bond acceptors (Lipinski definition) is 3. The largest absolute Gasteiger partial charge is 0.349 e. The van der Waals surface area contributed by atoms with Crippen molar-refractivity contribution >= 4 is 11.6 Å². The molecule has 0 saturated heterocycles. The summed E-state index contributed by atoms with van der Waals surface area (Å²) in [7, 11) is 0. The lowest BCUT2D eigenvalue weighted by atomic mass is 10.1. The van der Waals surface area contributed by atoms with Crippen LogP contribution >= 0.6 is 0 Å². The van der Waals surface area contributed by atoms with E-state index in [-0.39, 0.29) is 11.9 Å². The van der Waals surface area contributed by atoms with E-state index >= 15 is 0 Å². The Bertz CT molecular complexity index is 348. The maximum atomic E-state index is 11.9. The lowest BCUT2D eigenvalue weighted by Crippen LogP contribution is -2.34. The molecule has 0 radical (unpaired) electrons. The maximum absolute atomic E-state index is 11.9. The van der Waals surface area contributed by atoms with Gasteiger partial charge in [0.25, 0.3) is 5.91 Å². The van der Waals surface area contributed by atoms with Gasteiger partial charge >= 0.3 is 0 Å². The summed E-state index contributed by atoms with van der Waals surface area (Å²) in [5, 5.41) is 2.97. The molecule has 0 unspecified atom stereocenters. The fourth-order valence-electron chi connectivity index (χ4n) is 1.56. The lowest BCUT2D eigenvalue weighted by molar-refractivity contribution is 0.0935. The molecular formula is C12H19N3O. The Morgan fingerprint density at radius 1 is 1.31 bits per heavy atom. The van der Waals surface area contributed by atoms with Gasteiger partial charge in [0.05, 0.1) is 11.3 Å². The average molecular weight is 221 g/mol. The van der Waals surface area contributed by atoms with Crippen molar-refractivity contribution in [1.82, 2.24) is 5.32 Å². The molecule has 16 heavy (non-hydrogen) atoms. The van der Waals surface area contributed by atoms with E-state index in [0.29, 0.717) is 11.3 Å². The molecular weight excluding hydrogens is 202 g/mol. The Hall–Kier alpha value is -1.55. The molecule has 0 aromatic heterocycles. The highest BCUT2D eigenvalue weighted by molar-refractivity contribution is 5.99. The van der Waals surface area contributed by atoms with Gasteiger partial charge in [0.15, 0.2) is 0 Å². The number of rotatable bonds is 5. The fraction of sp³-hybridized carbons (Fsp3) is 0.417. The van der Waals surface area contributed by atoms with E-state index in [2.05, 4.69) is 24.6 Å². The number of amides is 1. The molecule has 0 atom stereocenters. The van der Waals surface area contributed by atoms with Crippen LogP contribution in [0.2, 0.25) is 0 Å². The molecule has 0 saturated carbocycles. The van der Waals surface area contributed by atoms with Crippen molar-refractivity contribution in [3.8, 4) is 0 Å². The molecule has 0 fully saturated rings. The maximum Gasteiger partial charge on any atom is 0.253 e. The van der Waals surface area contributed by atoms with Gasteiger partial charge in [-0.25, -0.2) is 0 Å². The van der Waals surface area contributed by atoms with Crippen molar-refractivity contribution in [2.75, 3.05) is 5.43 Å². The van der Waals surface area contributed by atoms with Gasteiger partial charge in [-0.1, -0.05) is 26.0 Å². The van der Waals surface area contributed by atoms with E-state index in [1.165, 1.54) is 0 Å². The minimum atomic E-state index is -0.0812. The normalized spacial score (nSPS) is 10.2. The minimum absolute atomic E-state index is 0.0812. The number of para-hydroxylation sites is 1. The van der Waals surface area contributed by atoms with Gasteiger partial charge in [0, 0.05) is 6.04 Å². The Labute approximate surface area is 96.2 Å². The zero-order valence-corrected chi connectivity index (χ0v) is 9.79. The van der Waals surface area contributed by atoms with Crippen LogP contribution in [-0.2, 0) is 0 Å². The number of nitrogens with two attached hydrogens (primary N) is 1. The van der Waals surface area contributed by atoms with Crippen molar-refractivity contribution < 1.29 is 4.79 Å². The number of hydrogen-bond donors (Lipinski definition) is 3. The second-order valence-corrected chi connectivity index (χ2v) is 3.68. The first-order valence-electron chi connectivity index (χ1n) is 5.59. The van der Waals surface area contributed by atoms with Crippen LogP contribution in [0.5, 0.6) is 0 Å². The Morgan fingerprint density at radius 3 is 2.50 bits per heavy atom. The predicted molar refractivity (Wildman–Crippen MR) is 66.1 cm³/mol. The van der Waals surface area contributed by atoms with Crippen molar-refractivity contribution in [2.45, 2.75) is 32.7 Å². The molecule has 1 rings (SSSR count). The van der Waals surface area contributed by atoms with Gasteiger partial charge in [-0.3, -0.25) is 10.6 Å². The first-order valence-corrected chi connectivity index (χ1v) is 5.59. The van der Waals surface area contributed by atoms with Gasteiger partial charge in [-0.15, -0.1) is 0 Å². The number of nitrogen functional groups attached to an aromatic ring is 1. The summed E-state index contributed by atoms with van der Waals surface area (Å²) in [6, 6.07) is 7.42. The van der Waals surface area contributed by atoms with Crippen LogP contribution in [0.1, 0.15) is 37.0 Å². The van der Waals surface area contributed by atoms with Gasteiger partial charge < -0.3 is 10.7 Å². The van der Waals surface area contributed by atoms with Crippen LogP contribution in [0, 0.1) is 0 Å². The molecule has 4 N–H and O–H groups in total. The Balaban J connectivity index is 2.79. The molecule has 0 aliphatic rings. The van der Waals surface area contributed by atoms with E-state index in [0.717, 1.165) is 12.8 Å². The van der Waals surface area contributed by atoms with Gasteiger partial charge in [0.2, 0.25) is 0 Å². The highest BCUT2D eigenvalue weighted by Gasteiger charge is 2.13. The van der Waals surface area contributed by atoms with E-state index in [4.69, 9.17) is 5.84 Å². The van der Waals surface area contributed by atoms with Crippen LogP contribution in [0.3, 0.4) is 0 Å². The Morgan fingerprint density at radius 2 is 1.94 bits per heavy atom. The van der Waals surface area contributed by atoms with Crippen LogP contribution < -0.4 is 16.6 Å². The van der Waals surface area contributed by atoms with E-state index in [1.807, 2.05) is 12.1 Å². The van der Waals surface area contributed by atoms with Crippen molar-refractivity contribution in [1.29, 1.82) is 0 Å². The van der Waals surface area contributed by atoms with Crippen LogP contribution in [-0.4, -0.2) is 11.9 Å². The third kappa shape index (κ3) is 2.97. The highest BCUT2D eigenvalue weighted by Crippen LogP contribution is 2.13. The lowest BCUT2D eigenvalue weighted by Gasteiger charge is -2.16. The van der Waals surface area contributed by atoms with Crippen molar-refractivity contribution in [3.05, 3.63) is 29.8 Å². The molecule has 0 aliphatic heterocycles. The topological polar surface area (TPSA) is 67.2 Å². The molecule has 88 valence electrons. The molecule has 0 spiro atoms. The third-order valence-corrected chi connectivity index (χ3v) is 2.65.